The Hall–Kier alpha value is -3.00. The average molecular weight is 266 g/mol. The number of nitrogens with one attached hydrogen (secondary N) is 2. The summed E-state index contributed by atoms with van der Waals surface area (Å²) in [6, 6.07) is 15.8. The van der Waals surface area contributed by atoms with Crippen LogP contribution in [-0.2, 0) is 6.54 Å². The maximum atomic E-state index is 11.7. The van der Waals surface area contributed by atoms with E-state index in [2.05, 4.69) is 16.7 Å². The standard InChI is InChI=1S/C15H14N4O/c16-9-11-3-1-4-12(7-11)10-18-15(20)19-14-6-2-5-13(17)8-14/h1-8H,10,17H2,(H2,18,19,20). The summed E-state index contributed by atoms with van der Waals surface area (Å²) >= 11 is 0. The minimum absolute atomic E-state index is 0.321. The van der Waals surface area contributed by atoms with E-state index in [0.29, 0.717) is 23.5 Å². The van der Waals surface area contributed by atoms with Crippen LogP contribution in [0.1, 0.15) is 11.1 Å². The van der Waals surface area contributed by atoms with Crippen molar-refractivity contribution in [2.24, 2.45) is 0 Å². The van der Waals surface area contributed by atoms with Gasteiger partial charge in [-0.25, -0.2) is 4.79 Å². The number of benzene rings is 2. The highest BCUT2D eigenvalue weighted by molar-refractivity contribution is 5.89. The molecule has 5 nitrogen and oxygen atoms in total. The summed E-state index contributed by atoms with van der Waals surface area (Å²) in [5, 5.41) is 14.2. The zero-order valence-corrected chi connectivity index (χ0v) is 10.8. The topological polar surface area (TPSA) is 90.9 Å². The van der Waals surface area contributed by atoms with Gasteiger partial charge in [0.15, 0.2) is 0 Å². The van der Waals surface area contributed by atoms with Crippen LogP contribution < -0.4 is 16.4 Å². The van der Waals surface area contributed by atoms with Crippen molar-refractivity contribution < 1.29 is 4.79 Å². The number of anilines is 2. The largest absolute Gasteiger partial charge is 0.399 e. The second-order valence-electron chi connectivity index (χ2n) is 4.25. The van der Waals surface area contributed by atoms with Crippen molar-refractivity contribution in [1.82, 2.24) is 5.32 Å². The summed E-state index contributed by atoms with van der Waals surface area (Å²) in [5.41, 5.74) is 8.29. The van der Waals surface area contributed by atoms with Gasteiger partial charge in [-0.3, -0.25) is 0 Å². The van der Waals surface area contributed by atoms with E-state index in [4.69, 9.17) is 11.0 Å². The summed E-state index contributed by atoms with van der Waals surface area (Å²) < 4.78 is 0. The zero-order valence-electron chi connectivity index (χ0n) is 10.8. The van der Waals surface area contributed by atoms with Crippen molar-refractivity contribution in [2.75, 3.05) is 11.1 Å². The highest BCUT2D eigenvalue weighted by Gasteiger charge is 2.02. The number of rotatable bonds is 3. The van der Waals surface area contributed by atoms with Crippen LogP contribution in [0.15, 0.2) is 48.5 Å². The van der Waals surface area contributed by atoms with Crippen molar-refractivity contribution in [3.63, 3.8) is 0 Å². The quantitative estimate of drug-likeness (QED) is 0.745. The van der Waals surface area contributed by atoms with Crippen LogP contribution in [0.2, 0.25) is 0 Å². The first-order chi connectivity index (χ1) is 9.67. The zero-order chi connectivity index (χ0) is 14.4. The van der Waals surface area contributed by atoms with Crippen molar-refractivity contribution in [2.45, 2.75) is 6.54 Å². The number of nitrogens with two attached hydrogens (primary N) is 1. The Bertz CT molecular complexity index is 661. The van der Waals surface area contributed by atoms with Gasteiger partial charge in [-0.05, 0) is 35.9 Å². The molecule has 0 aromatic heterocycles. The fourth-order valence-electron chi connectivity index (χ4n) is 1.72. The predicted octanol–water partition coefficient (Wildman–Crippen LogP) is 2.46. The molecule has 2 aromatic rings. The summed E-state index contributed by atoms with van der Waals surface area (Å²) in [4.78, 5) is 11.7. The Morgan fingerprint density at radius 2 is 2.00 bits per heavy atom. The molecule has 20 heavy (non-hydrogen) atoms. The lowest BCUT2D eigenvalue weighted by atomic mass is 10.1. The van der Waals surface area contributed by atoms with E-state index in [1.54, 1.807) is 42.5 Å². The van der Waals surface area contributed by atoms with Gasteiger partial charge in [0.25, 0.3) is 0 Å². The Labute approximate surface area is 117 Å². The molecule has 0 bridgehead atoms. The van der Waals surface area contributed by atoms with Gasteiger partial charge in [-0.1, -0.05) is 18.2 Å². The maximum absolute atomic E-state index is 11.7. The molecule has 0 aliphatic carbocycles. The summed E-state index contributed by atoms with van der Waals surface area (Å²) in [7, 11) is 0. The number of nitrogen functional groups attached to an aromatic ring is 1. The van der Waals surface area contributed by atoms with Gasteiger partial charge in [-0.2, -0.15) is 5.26 Å². The van der Waals surface area contributed by atoms with Crippen molar-refractivity contribution in [3.05, 3.63) is 59.7 Å². The van der Waals surface area contributed by atoms with E-state index in [9.17, 15) is 4.79 Å². The van der Waals surface area contributed by atoms with Crippen LogP contribution in [0.3, 0.4) is 0 Å². The first kappa shape index (κ1) is 13.4. The molecule has 5 heteroatoms. The highest BCUT2D eigenvalue weighted by atomic mass is 16.2. The van der Waals surface area contributed by atoms with Crippen LogP contribution >= 0.6 is 0 Å². The molecule has 100 valence electrons. The number of hydrogen-bond donors (Lipinski definition) is 3. The van der Waals surface area contributed by atoms with Crippen molar-refractivity contribution >= 4 is 17.4 Å². The highest BCUT2D eigenvalue weighted by Crippen LogP contribution is 2.11. The van der Waals surface area contributed by atoms with Gasteiger partial charge in [0.05, 0.1) is 11.6 Å². The van der Waals surface area contributed by atoms with Crippen molar-refractivity contribution in [3.8, 4) is 6.07 Å². The molecule has 0 radical (unpaired) electrons. The normalized spacial score (nSPS) is 9.55. The average Bonchev–Trinajstić information content (AvgIpc) is 2.45. The molecule has 2 rings (SSSR count). The predicted molar refractivity (Wildman–Crippen MR) is 77.9 cm³/mol. The molecule has 0 fully saturated rings. The van der Waals surface area contributed by atoms with Crippen LogP contribution in [0.4, 0.5) is 16.2 Å². The van der Waals surface area contributed by atoms with Crippen LogP contribution in [0.25, 0.3) is 0 Å². The third-order valence-corrected chi connectivity index (χ3v) is 2.65. The van der Waals surface area contributed by atoms with E-state index in [1.807, 2.05) is 6.07 Å². The molecule has 0 unspecified atom stereocenters. The molecule has 0 aliphatic rings. The molecule has 2 aromatic carbocycles. The van der Waals surface area contributed by atoms with E-state index in [1.165, 1.54) is 0 Å². The van der Waals surface area contributed by atoms with Crippen LogP contribution in [-0.4, -0.2) is 6.03 Å². The number of urea groups is 1. The number of nitriles is 1. The fourth-order valence-corrected chi connectivity index (χ4v) is 1.72. The Kier molecular flexibility index (Phi) is 4.20. The number of nitrogens with zero attached hydrogens (tertiary/aromatic N) is 1. The Morgan fingerprint density at radius 1 is 1.20 bits per heavy atom. The van der Waals surface area contributed by atoms with Gasteiger partial charge >= 0.3 is 6.03 Å². The lowest BCUT2D eigenvalue weighted by Crippen LogP contribution is -2.28. The third-order valence-electron chi connectivity index (χ3n) is 2.65. The smallest absolute Gasteiger partial charge is 0.319 e. The molecule has 0 saturated carbocycles. The first-order valence-electron chi connectivity index (χ1n) is 6.07. The molecular weight excluding hydrogens is 252 g/mol. The Balaban J connectivity index is 1.90. The van der Waals surface area contributed by atoms with E-state index >= 15 is 0 Å². The molecule has 0 atom stereocenters. The maximum Gasteiger partial charge on any atom is 0.319 e. The lowest BCUT2D eigenvalue weighted by Gasteiger charge is -2.08. The van der Waals surface area contributed by atoms with E-state index in [0.717, 1.165) is 5.56 Å². The fraction of sp³-hybridized carbons (Fsp3) is 0.0667. The van der Waals surface area contributed by atoms with Crippen LogP contribution in [0, 0.1) is 11.3 Å². The molecule has 0 saturated heterocycles. The SMILES string of the molecule is N#Cc1cccc(CNC(=O)Nc2cccc(N)c2)c1. The van der Waals surface area contributed by atoms with Crippen molar-refractivity contribution in [1.29, 1.82) is 5.26 Å². The van der Waals surface area contributed by atoms with Gasteiger partial charge in [-0.15, -0.1) is 0 Å². The van der Waals surface area contributed by atoms with Gasteiger partial charge in [0.1, 0.15) is 0 Å². The number of hydrogen-bond acceptors (Lipinski definition) is 3. The summed E-state index contributed by atoms with van der Waals surface area (Å²) in [6.45, 7) is 0.351. The molecule has 2 amide bonds. The lowest BCUT2D eigenvalue weighted by molar-refractivity contribution is 0.251. The summed E-state index contributed by atoms with van der Waals surface area (Å²) in [5.74, 6) is 0. The number of carbonyl (C=O) groups excluding carboxylic acids is 1. The number of amides is 2. The molecule has 4 N–H and O–H groups in total. The van der Waals surface area contributed by atoms with Gasteiger partial charge < -0.3 is 16.4 Å². The Morgan fingerprint density at radius 3 is 2.75 bits per heavy atom. The van der Waals surface area contributed by atoms with E-state index < -0.39 is 0 Å². The van der Waals surface area contributed by atoms with Gasteiger partial charge in [0.2, 0.25) is 0 Å². The molecular formula is C15H14N4O. The van der Waals surface area contributed by atoms with Crippen LogP contribution in [0.5, 0.6) is 0 Å². The minimum atomic E-state index is -0.321. The minimum Gasteiger partial charge on any atom is -0.399 e. The first-order valence-corrected chi connectivity index (χ1v) is 6.07. The molecule has 0 aliphatic heterocycles. The second kappa shape index (κ2) is 6.25. The number of carbonyl (C=O) groups is 1. The summed E-state index contributed by atoms with van der Waals surface area (Å²) in [6.07, 6.45) is 0. The second-order valence-corrected chi connectivity index (χ2v) is 4.25. The third kappa shape index (κ3) is 3.75. The monoisotopic (exact) mass is 266 g/mol. The molecule has 0 spiro atoms. The van der Waals surface area contributed by atoms with E-state index in [-0.39, 0.29) is 6.03 Å². The molecule has 0 heterocycles. The van der Waals surface area contributed by atoms with Gasteiger partial charge in [0, 0.05) is 17.9 Å².